The van der Waals surface area contributed by atoms with Gasteiger partial charge in [-0.2, -0.15) is 0 Å². The molecule has 16 heavy (non-hydrogen) atoms. The largest absolute Gasteiger partial charge is 0.370 e. The van der Waals surface area contributed by atoms with Gasteiger partial charge >= 0.3 is 0 Å². The molecule has 1 saturated heterocycles. The van der Waals surface area contributed by atoms with E-state index in [1.807, 2.05) is 0 Å². The molecule has 2 rings (SSSR count). The molecule has 1 aliphatic heterocycles. The zero-order chi connectivity index (χ0) is 11.5. The Morgan fingerprint density at radius 1 is 1.12 bits per heavy atom. The molecule has 0 bridgehead atoms. The molecule has 1 heterocycles. The van der Waals surface area contributed by atoms with Gasteiger partial charge in [0, 0.05) is 0 Å². The van der Waals surface area contributed by atoms with Crippen molar-refractivity contribution in [3.63, 3.8) is 0 Å². The zero-order valence-corrected chi connectivity index (χ0v) is 10.6. The fourth-order valence-corrected chi connectivity index (χ4v) is 2.31. The van der Waals surface area contributed by atoms with Gasteiger partial charge < -0.3 is 4.74 Å². The maximum absolute atomic E-state index is 5.47. The van der Waals surface area contributed by atoms with Gasteiger partial charge in [0.1, 0.15) is 0 Å². The van der Waals surface area contributed by atoms with Crippen LogP contribution in [0.4, 0.5) is 0 Å². The third kappa shape index (κ3) is 2.65. The average Bonchev–Trinajstić information content (AvgIpc) is 3.02. The quantitative estimate of drug-likeness (QED) is 0.689. The normalized spacial score (nSPS) is 23.4. The van der Waals surface area contributed by atoms with Crippen molar-refractivity contribution in [3.05, 3.63) is 34.9 Å². The van der Waals surface area contributed by atoms with Crippen LogP contribution in [0.1, 0.15) is 43.9 Å². The van der Waals surface area contributed by atoms with Gasteiger partial charge in [0.2, 0.25) is 0 Å². The molecule has 0 amide bonds. The Morgan fingerprint density at radius 2 is 1.88 bits per heavy atom. The van der Waals surface area contributed by atoms with Crippen molar-refractivity contribution in [1.82, 2.24) is 0 Å². The number of epoxide rings is 1. The topological polar surface area (TPSA) is 12.5 Å². The Balaban J connectivity index is 2.04. The number of hydrogen-bond donors (Lipinski definition) is 0. The van der Waals surface area contributed by atoms with Gasteiger partial charge in [0.15, 0.2) is 0 Å². The summed E-state index contributed by atoms with van der Waals surface area (Å²) in [5.74, 6) is 0. The van der Waals surface area contributed by atoms with E-state index in [1.54, 1.807) is 0 Å². The predicted molar refractivity (Wildman–Crippen MR) is 67.9 cm³/mol. The lowest BCUT2D eigenvalue weighted by Gasteiger charge is -2.09. The lowest BCUT2D eigenvalue weighted by Crippen LogP contribution is -1.99. The van der Waals surface area contributed by atoms with E-state index in [2.05, 4.69) is 39.0 Å². The van der Waals surface area contributed by atoms with E-state index >= 15 is 0 Å². The highest BCUT2D eigenvalue weighted by atomic mass is 16.6. The van der Waals surface area contributed by atoms with E-state index in [-0.39, 0.29) is 0 Å². The SMILES string of the molecule is CCc1ccc(CC)c(CCC2OC2C)c1. The molecule has 1 heteroatoms. The second-order valence-electron chi connectivity index (χ2n) is 4.73. The van der Waals surface area contributed by atoms with Gasteiger partial charge in [-0.3, -0.25) is 0 Å². The molecule has 2 atom stereocenters. The second kappa shape index (κ2) is 5.01. The van der Waals surface area contributed by atoms with Crippen molar-refractivity contribution in [2.45, 2.75) is 58.7 Å². The van der Waals surface area contributed by atoms with Gasteiger partial charge in [-0.25, -0.2) is 0 Å². The summed E-state index contributed by atoms with van der Waals surface area (Å²) in [4.78, 5) is 0. The highest BCUT2D eigenvalue weighted by Gasteiger charge is 2.33. The molecule has 0 aliphatic carbocycles. The first-order valence-electron chi connectivity index (χ1n) is 6.50. The molecular formula is C15H22O. The minimum Gasteiger partial charge on any atom is -0.370 e. The highest BCUT2D eigenvalue weighted by molar-refractivity contribution is 5.32. The van der Waals surface area contributed by atoms with Gasteiger partial charge in [-0.1, -0.05) is 32.0 Å². The van der Waals surface area contributed by atoms with Crippen molar-refractivity contribution < 1.29 is 4.74 Å². The van der Waals surface area contributed by atoms with Crippen LogP contribution in [0.2, 0.25) is 0 Å². The molecule has 1 aromatic carbocycles. The predicted octanol–water partition coefficient (Wildman–Crippen LogP) is 3.53. The monoisotopic (exact) mass is 218 g/mol. The summed E-state index contributed by atoms with van der Waals surface area (Å²) in [6.45, 7) is 6.62. The van der Waals surface area contributed by atoms with Crippen molar-refractivity contribution >= 4 is 0 Å². The number of hydrogen-bond acceptors (Lipinski definition) is 1. The average molecular weight is 218 g/mol. The van der Waals surface area contributed by atoms with Crippen molar-refractivity contribution in [2.24, 2.45) is 0 Å². The fourth-order valence-electron chi connectivity index (χ4n) is 2.31. The number of rotatable bonds is 5. The van der Waals surface area contributed by atoms with Gasteiger partial charge in [0.05, 0.1) is 12.2 Å². The van der Waals surface area contributed by atoms with E-state index in [4.69, 9.17) is 4.74 Å². The minimum absolute atomic E-state index is 0.499. The molecule has 0 spiro atoms. The number of ether oxygens (including phenoxy) is 1. The summed E-state index contributed by atoms with van der Waals surface area (Å²) >= 11 is 0. The second-order valence-corrected chi connectivity index (χ2v) is 4.73. The summed E-state index contributed by atoms with van der Waals surface area (Å²) in [6.07, 6.45) is 5.65. The zero-order valence-electron chi connectivity index (χ0n) is 10.6. The summed E-state index contributed by atoms with van der Waals surface area (Å²) < 4.78 is 5.47. The van der Waals surface area contributed by atoms with Crippen molar-refractivity contribution in [1.29, 1.82) is 0 Å². The summed E-state index contributed by atoms with van der Waals surface area (Å²) in [7, 11) is 0. The Morgan fingerprint density at radius 3 is 2.44 bits per heavy atom. The standard InChI is InChI=1S/C15H22O/c1-4-12-6-7-13(5-2)14(10-12)8-9-15-11(3)16-15/h6-7,10-11,15H,4-5,8-9H2,1-3H3. The Kier molecular flexibility index (Phi) is 3.65. The van der Waals surface area contributed by atoms with Crippen molar-refractivity contribution in [3.8, 4) is 0 Å². The van der Waals surface area contributed by atoms with Gasteiger partial charge in [-0.15, -0.1) is 0 Å². The molecule has 0 saturated carbocycles. The van der Waals surface area contributed by atoms with Crippen LogP contribution in [0.15, 0.2) is 18.2 Å². The summed E-state index contributed by atoms with van der Waals surface area (Å²) in [6, 6.07) is 6.94. The number of benzene rings is 1. The Bertz CT molecular complexity index is 356. The van der Waals surface area contributed by atoms with Crippen LogP contribution >= 0.6 is 0 Å². The molecule has 88 valence electrons. The molecule has 2 unspecified atom stereocenters. The summed E-state index contributed by atoms with van der Waals surface area (Å²) in [5, 5.41) is 0. The number of aryl methyl sites for hydroxylation is 3. The van der Waals surface area contributed by atoms with E-state index in [9.17, 15) is 0 Å². The van der Waals surface area contributed by atoms with Crippen LogP contribution in [-0.2, 0) is 24.0 Å². The fraction of sp³-hybridized carbons (Fsp3) is 0.600. The third-order valence-corrected chi connectivity index (χ3v) is 3.59. The van der Waals surface area contributed by atoms with E-state index in [0.29, 0.717) is 12.2 Å². The van der Waals surface area contributed by atoms with Crippen LogP contribution in [0.5, 0.6) is 0 Å². The first-order chi connectivity index (χ1) is 7.74. The van der Waals surface area contributed by atoms with Gasteiger partial charge in [-0.05, 0) is 49.3 Å². The van der Waals surface area contributed by atoms with Crippen LogP contribution in [0.25, 0.3) is 0 Å². The maximum atomic E-state index is 5.47. The molecule has 0 aromatic heterocycles. The van der Waals surface area contributed by atoms with Crippen LogP contribution < -0.4 is 0 Å². The molecular weight excluding hydrogens is 196 g/mol. The highest BCUT2D eigenvalue weighted by Crippen LogP contribution is 2.27. The maximum Gasteiger partial charge on any atom is 0.0842 e. The van der Waals surface area contributed by atoms with Crippen LogP contribution in [-0.4, -0.2) is 12.2 Å². The van der Waals surface area contributed by atoms with Crippen molar-refractivity contribution in [2.75, 3.05) is 0 Å². The molecule has 1 fully saturated rings. The molecule has 0 radical (unpaired) electrons. The molecule has 1 aliphatic rings. The Labute approximate surface area is 98.8 Å². The van der Waals surface area contributed by atoms with E-state index < -0.39 is 0 Å². The first-order valence-corrected chi connectivity index (χ1v) is 6.50. The molecule has 1 nitrogen and oxygen atoms in total. The Hall–Kier alpha value is -0.820. The smallest absolute Gasteiger partial charge is 0.0842 e. The lowest BCUT2D eigenvalue weighted by atomic mass is 9.96. The summed E-state index contributed by atoms with van der Waals surface area (Å²) in [5.41, 5.74) is 4.49. The lowest BCUT2D eigenvalue weighted by molar-refractivity contribution is 0.370. The van der Waals surface area contributed by atoms with E-state index in [1.165, 1.54) is 29.5 Å². The van der Waals surface area contributed by atoms with Gasteiger partial charge in [0.25, 0.3) is 0 Å². The molecule has 1 aromatic rings. The van der Waals surface area contributed by atoms with Crippen LogP contribution in [0, 0.1) is 0 Å². The van der Waals surface area contributed by atoms with E-state index in [0.717, 1.165) is 12.8 Å². The molecule has 0 N–H and O–H groups in total. The van der Waals surface area contributed by atoms with Crippen LogP contribution in [0.3, 0.4) is 0 Å². The first kappa shape index (κ1) is 11.7. The third-order valence-electron chi connectivity index (χ3n) is 3.59. The minimum atomic E-state index is 0.499.